The van der Waals surface area contributed by atoms with Gasteiger partial charge in [0.25, 0.3) is 12.3 Å². The molecule has 1 aromatic rings. The van der Waals surface area contributed by atoms with Crippen LogP contribution in [-0.4, -0.2) is 39.2 Å². The number of nitrogens with one attached hydrogen (secondary N) is 1. The van der Waals surface area contributed by atoms with Gasteiger partial charge in [-0.1, -0.05) is 6.07 Å². The van der Waals surface area contributed by atoms with Gasteiger partial charge < -0.3 is 20.5 Å². The number of amides is 1. The van der Waals surface area contributed by atoms with E-state index in [2.05, 4.69) is 10.1 Å². The van der Waals surface area contributed by atoms with Crippen molar-refractivity contribution in [1.29, 1.82) is 0 Å². The van der Waals surface area contributed by atoms with Crippen molar-refractivity contribution in [3.63, 3.8) is 0 Å². The molecule has 0 aliphatic heterocycles. The van der Waals surface area contributed by atoms with Crippen molar-refractivity contribution in [2.24, 2.45) is 0 Å². The van der Waals surface area contributed by atoms with Gasteiger partial charge in [-0.05, 0) is 12.1 Å². The fraction of sp³-hybridized carbons (Fsp3) is 0.417. The molecule has 3 N–H and O–H groups in total. The second-order valence-corrected chi connectivity index (χ2v) is 3.64. The summed E-state index contributed by atoms with van der Waals surface area (Å²) in [6, 6.07) is 4.82. The lowest BCUT2D eigenvalue weighted by Crippen LogP contribution is -2.28. The van der Waals surface area contributed by atoms with E-state index in [1.807, 2.05) is 0 Å². The van der Waals surface area contributed by atoms with E-state index in [4.69, 9.17) is 10.5 Å². The number of anilines is 1. The third kappa shape index (κ3) is 4.70. The number of methoxy groups -OCH3 is 1. The molecular formula is C12H16F2N2O3. The lowest BCUT2D eigenvalue weighted by Gasteiger charge is -2.10. The Morgan fingerprint density at radius 1 is 1.47 bits per heavy atom. The normalized spacial score (nSPS) is 10.5. The largest absolute Gasteiger partial charge is 0.495 e. The lowest BCUT2D eigenvalue weighted by molar-refractivity contribution is 0.0188. The summed E-state index contributed by atoms with van der Waals surface area (Å²) in [7, 11) is 1.45. The molecule has 7 heteroatoms. The number of rotatable bonds is 7. The molecule has 0 bridgehead atoms. The maximum atomic E-state index is 11.8. The fourth-order valence-corrected chi connectivity index (χ4v) is 1.42. The zero-order chi connectivity index (χ0) is 14.3. The first kappa shape index (κ1) is 15.2. The fourth-order valence-electron chi connectivity index (χ4n) is 1.42. The Morgan fingerprint density at radius 2 is 2.21 bits per heavy atom. The van der Waals surface area contributed by atoms with Crippen molar-refractivity contribution < 1.29 is 23.0 Å². The van der Waals surface area contributed by atoms with Crippen molar-refractivity contribution in [2.45, 2.75) is 6.43 Å². The van der Waals surface area contributed by atoms with E-state index in [1.165, 1.54) is 7.11 Å². The molecule has 0 heterocycles. The third-order valence-electron chi connectivity index (χ3n) is 2.31. The summed E-state index contributed by atoms with van der Waals surface area (Å²) in [6.07, 6.45) is -2.51. The van der Waals surface area contributed by atoms with E-state index in [9.17, 15) is 13.6 Å². The predicted octanol–water partition coefficient (Wildman–Crippen LogP) is 1.29. The first-order chi connectivity index (χ1) is 9.06. The minimum absolute atomic E-state index is 0.0138. The number of ether oxygens (including phenoxy) is 2. The average Bonchev–Trinajstić information content (AvgIpc) is 2.38. The molecule has 0 radical (unpaired) electrons. The van der Waals surface area contributed by atoms with Crippen LogP contribution >= 0.6 is 0 Å². The molecule has 0 aliphatic rings. The first-order valence-electron chi connectivity index (χ1n) is 5.62. The topological polar surface area (TPSA) is 73.6 Å². The van der Waals surface area contributed by atoms with Crippen molar-refractivity contribution in [2.75, 3.05) is 32.6 Å². The SMILES string of the molecule is COc1cccc(C(=O)NCCOCC(F)F)c1N. The molecule has 0 atom stereocenters. The Hall–Kier alpha value is -1.89. The molecule has 0 spiro atoms. The van der Waals surface area contributed by atoms with E-state index in [-0.39, 0.29) is 24.4 Å². The number of hydrogen-bond acceptors (Lipinski definition) is 4. The second-order valence-electron chi connectivity index (χ2n) is 3.64. The van der Waals surface area contributed by atoms with Gasteiger partial charge in [0.15, 0.2) is 0 Å². The number of nitrogen functional groups attached to an aromatic ring is 1. The van der Waals surface area contributed by atoms with Gasteiger partial charge in [-0.2, -0.15) is 0 Å². The van der Waals surface area contributed by atoms with E-state index < -0.39 is 18.9 Å². The monoisotopic (exact) mass is 274 g/mol. The highest BCUT2D eigenvalue weighted by molar-refractivity contribution is 6.00. The quantitative estimate of drug-likeness (QED) is 0.580. The number of benzene rings is 1. The summed E-state index contributed by atoms with van der Waals surface area (Å²) in [4.78, 5) is 11.8. The molecule has 0 aromatic heterocycles. The van der Waals surface area contributed by atoms with Gasteiger partial charge in [-0.15, -0.1) is 0 Å². The Kier molecular flexibility index (Phi) is 6.01. The van der Waals surface area contributed by atoms with Gasteiger partial charge in [0.1, 0.15) is 12.4 Å². The van der Waals surface area contributed by atoms with E-state index in [1.54, 1.807) is 18.2 Å². The number of halogens is 2. The van der Waals surface area contributed by atoms with Crippen LogP contribution in [0.2, 0.25) is 0 Å². The van der Waals surface area contributed by atoms with Gasteiger partial charge in [0, 0.05) is 6.54 Å². The highest BCUT2D eigenvalue weighted by Gasteiger charge is 2.12. The molecule has 1 rings (SSSR count). The smallest absolute Gasteiger partial charge is 0.261 e. The highest BCUT2D eigenvalue weighted by atomic mass is 19.3. The summed E-state index contributed by atoms with van der Waals surface area (Å²) >= 11 is 0. The van der Waals surface area contributed by atoms with Gasteiger partial charge in [-0.3, -0.25) is 4.79 Å². The zero-order valence-electron chi connectivity index (χ0n) is 10.5. The molecule has 1 aromatic carbocycles. The minimum Gasteiger partial charge on any atom is -0.495 e. The summed E-state index contributed by atoms with van der Waals surface area (Å²) in [5.74, 6) is -0.00125. The Bertz CT molecular complexity index is 427. The Morgan fingerprint density at radius 3 is 2.84 bits per heavy atom. The predicted molar refractivity (Wildman–Crippen MR) is 66.6 cm³/mol. The summed E-state index contributed by atoms with van der Waals surface area (Å²) < 4.78 is 33.2. The molecule has 5 nitrogen and oxygen atoms in total. The van der Waals surface area contributed by atoms with Crippen LogP contribution in [0, 0.1) is 0 Å². The van der Waals surface area contributed by atoms with Crippen molar-refractivity contribution >= 4 is 11.6 Å². The Labute approximate surface area is 109 Å². The summed E-state index contributed by atoms with van der Waals surface area (Å²) in [6.45, 7) is -0.501. The number of hydrogen-bond donors (Lipinski definition) is 2. The zero-order valence-corrected chi connectivity index (χ0v) is 10.5. The van der Waals surface area contributed by atoms with E-state index in [0.717, 1.165) is 0 Å². The number of nitrogens with two attached hydrogens (primary N) is 1. The molecule has 0 saturated carbocycles. The number of alkyl halides is 2. The van der Waals surface area contributed by atoms with Crippen LogP contribution < -0.4 is 15.8 Å². The Balaban J connectivity index is 2.46. The summed E-state index contributed by atoms with van der Waals surface area (Å²) in [5.41, 5.74) is 6.25. The van der Waals surface area contributed by atoms with Gasteiger partial charge in [0.05, 0.1) is 25.0 Å². The van der Waals surface area contributed by atoms with Gasteiger partial charge in [0.2, 0.25) is 0 Å². The average molecular weight is 274 g/mol. The van der Waals surface area contributed by atoms with Crippen molar-refractivity contribution in [3.8, 4) is 5.75 Å². The van der Waals surface area contributed by atoms with Crippen LogP contribution in [0.1, 0.15) is 10.4 Å². The van der Waals surface area contributed by atoms with Crippen LogP contribution in [0.25, 0.3) is 0 Å². The molecule has 0 unspecified atom stereocenters. The minimum atomic E-state index is -2.51. The van der Waals surface area contributed by atoms with Crippen molar-refractivity contribution in [3.05, 3.63) is 23.8 Å². The van der Waals surface area contributed by atoms with Crippen LogP contribution in [0.15, 0.2) is 18.2 Å². The molecule has 1 amide bonds. The third-order valence-corrected chi connectivity index (χ3v) is 2.31. The second kappa shape index (κ2) is 7.52. The van der Waals surface area contributed by atoms with Crippen LogP contribution in [0.5, 0.6) is 5.75 Å². The maximum Gasteiger partial charge on any atom is 0.261 e. The van der Waals surface area contributed by atoms with Gasteiger partial charge >= 0.3 is 0 Å². The van der Waals surface area contributed by atoms with Crippen LogP contribution in [0.4, 0.5) is 14.5 Å². The standard InChI is InChI=1S/C12H16F2N2O3/c1-18-9-4-2-3-8(11(9)15)12(17)16-5-6-19-7-10(13)14/h2-4,10H,5-7,15H2,1H3,(H,16,17). The molecular weight excluding hydrogens is 258 g/mol. The van der Waals surface area contributed by atoms with Crippen LogP contribution in [-0.2, 0) is 4.74 Å². The molecule has 0 saturated heterocycles. The summed E-state index contributed by atoms with van der Waals surface area (Å²) in [5, 5.41) is 2.52. The van der Waals surface area contributed by atoms with Crippen molar-refractivity contribution in [1.82, 2.24) is 5.32 Å². The highest BCUT2D eigenvalue weighted by Crippen LogP contribution is 2.24. The van der Waals surface area contributed by atoms with Crippen LogP contribution in [0.3, 0.4) is 0 Å². The first-order valence-corrected chi connectivity index (χ1v) is 5.62. The van der Waals surface area contributed by atoms with E-state index >= 15 is 0 Å². The maximum absolute atomic E-state index is 11.8. The van der Waals surface area contributed by atoms with Gasteiger partial charge in [-0.25, -0.2) is 8.78 Å². The van der Waals surface area contributed by atoms with E-state index in [0.29, 0.717) is 5.75 Å². The number of carbonyl (C=O) groups is 1. The molecule has 19 heavy (non-hydrogen) atoms. The number of para-hydroxylation sites is 1. The lowest BCUT2D eigenvalue weighted by atomic mass is 10.1. The molecule has 0 fully saturated rings. The number of carbonyl (C=O) groups excluding carboxylic acids is 1. The molecule has 106 valence electrons. The molecule has 0 aliphatic carbocycles.